The zero-order chi connectivity index (χ0) is 51.0. The van der Waals surface area contributed by atoms with E-state index in [9.17, 15) is 0 Å². The summed E-state index contributed by atoms with van der Waals surface area (Å²) in [7, 11) is 0. The highest BCUT2D eigenvalue weighted by molar-refractivity contribution is 7.85. The summed E-state index contributed by atoms with van der Waals surface area (Å²) >= 11 is 8.58. The van der Waals surface area contributed by atoms with Gasteiger partial charge in [0, 0.05) is 21.3 Å². The second-order valence-electron chi connectivity index (χ2n) is 22.1. The van der Waals surface area contributed by atoms with Crippen molar-refractivity contribution in [2.45, 2.75) is 178 Å². The van der Waals surface area contributed by atoms with Gasteiger partial charge in [-0.25, -0.2) is 0 Å². The smallest absolute Gasteiger partial charge is 0.0482 e. The molecule has 3 aliphatic carbocycles. The quantitative estimate of drug-likeness (QED) is 0.0401. The molecule has 0 bridgehead atoms. The minimum absolute atomic E-state index is 0.190. The molecule has 3 aliphatic rings. The second kappa shape index (κ2) is 30.4. The number of benzene rings is 6. The normalized spacial score (nSPS) is 18.3. The van der Waals surface area contributed by atoms with Crippen molar-refractivity contribution < 1.29 is 0 Å². The van der Waals surface area contributed by atoms with Gasteiger partial charge in [0.1, 0.15) is 0 Å². The fourth-order valence-corrected chi connectivity index (χ4v) is 13.0. The molecule has 0 amide bonds. The highest BCUT2D eigenvalue weighted by Gasteiger charge is 2.53. The predicted octanol–water partition coefficient (Wildman–Crippen LogP) is 20.5. The molecule has 6 atom stereocenters. The van der Waals surface area contributed by atoms with Crippen LogP contribution < -0.4 is 0 Å². The summed E-state index contributed by atoms with van der Waals surface area (Å²) in [6.07, 6.45) is 25.8. The molecule has 3 fully saturated rings. The molecule has 6 aromatic rings. The minimum atomic E-state index is -0.396. The van der Waals surface area contributed by atoms with Crippen molar-refractivity contribution in [2.24, 2.45) is 35.5 Å². The van der Waals surface area contributed by atoms with Gasteiger partial charge in [0.25, 0.3) is 0 Å². The van der Waals surface area contributed by atoms with E-state index in [2.05, 4.69) is 249 Å². The molecule has 0 unspecified atom stereocenters. The van der Waals surface area contributed by atoms with E-state index < -0.39 is 5.41 Å². The molecule has 3 saturated carbocycles. The second-order valence-corrected chi connectivity index (χ2v) is 23.6. The van der Waals surface area contributed by atoms with Crippen LogP contribution in [0.1, 0.15) is 190 Å². The average molecular weight is 1000 g/mol. The molecule has 0 N–H and O–H groups in total. The first kappa shape index (κ1) is 57.3. The number of rotatable bonds is 21. The van der Waals surface area contributed by atoms with Crippen LogP contribution in [-0.2, 0) is 10.8 Å². The Labute approximate surface area is 451 Å². The molecule has 0 heterocycles. The van der Waals surface area contributed by atoms with Gasteiger partial charge in [-0.2, -0.15) is 25.3 Å². The van der Waals surface area contributed by atoms with Crippen LogP contribution in [-0.4, -0.2) is 10.5 Å². The van der Waals surface area contributed by atoms with Crippen LogP contribution in [0.5, 0.6) is 0 Å². The Morgan fingerprint density at radius 3 is 0.958 bits per heavy atom. The Morgan fingerprint density at radius 2 is 0.750 bits per heavy atom. The lowest BCUT2D eigenvalue weighted by atomic mass is 9.50. The molecule has 0 saturated heterocycles. The van der Waals surface area contributed by atoms with Crippen molar-refractivity contribution in [2.75, 3.05) is 0 Å². The SMILES string of the molecule is C(CCC1CCC1)CC1CCC1.CCC[C@@H](S)[C@H](C)S.CCC[C@@H]([C@@H](C)C(c1ccccc1)(c1ccccc1)c1ccccc1)C(c1ccccc1)(c1ccccc1)c1ccccc1.CCC[C@H]1CC[C@H]1C. The molecule has 0 aliphatic heterocycles. The lowest BCUT2D eigenvalue weighted by Crippen LogP contribution is -2.49. The molecule has 72 heavy (non-hydrogen) atoms. The van der Waals surface area contributed by atoms with Gasteiger partial charge >= 0.3 is 0 Å². The Morgan fingerprint density at radius 1 is 0.417 bits per heavy atom. The molecular weight excluding hydrogens is 905 g/mol. The molecule has 2 heteroatoms. The Balaban J connectivity index is 0.000000242. The summed E-state index contributed by atoms with van der Waals surface area (Å²) in [4.78, 5) is 0. The van der Waals surface area contributed by atoms with Crippen LogP contribution in [0.2, 0.25) is 0 Å². The molecule has 0 spiro atoms. The van der Waals surface area contributed by atoms with Gasteiger partial charge in [-0.15, -0.1) is 0 Å². The van der Waals surface area contributed by atoms with Gasteiger partial charge in [0.2, 0.25) is 0 Å². The first-order valence-electron chi connectivity index (χ1n) is 28.9. The maximum atomic E-state index is 4.33. The number of hydrogen-bond acceptors (Lipinski definition) is 2. The monoisotopic (exact) mass is 999 g/mol. The van der Waals surface area contributed by atoms with Gasteiger partial charge in [-0.3, -0.25) is 0 Å². The minimum Gasteiger partial charge on any atom is -0.175 e. The summed E-state index contributed by atoms with van der Waals surface area (Å²) < 4.78 is 0. The third kappa shape index (κ3) is 14.9. The van der Waals surface area contributed by atoms with Crippen molar-refractivity contribution in [3.63, 3.8) is 0 Å². The third-order valence-corrected chi connectivity index (χ3v) is 18.6. The Kier molecular flexibility index (Phi) is 24.2. The van der Waals surface area contributed by atoms with Crippen molar-refractivity contribution in [1.82, 2.24) is 0 Å². The van der Waals surface area contributed by atoms with Crippen molar-refractivity contribution in [3.8, 4) is 0 Å². The van der Waals surface area contributed by atoms with E-state index in [-0.39, 0.29) is 17.3 Å². The number of thiol groups is 2. The van der Waals surface area contributed by atoms with Crippen LogP contribution in [0.3, 0.4) is 0 Å². The van der Waals surface area contributed by atoms with Gasteiger partial charge < -0.3 is 0 Å². The zero-order valence-electron chi connectivity index (χ0n) is 45.6. The van der Waals surface area contributed by atoms with Gasteiger partial charge in [0.15, 0.2) is 0 Å². The molecule has 6 aromatic carbocycles. The zero-order valence-corrected chi connectivity index (χ0v) is 47.4. The predicted molar refractivity (Wildman–Crippen MR) is 322 cm³/mol. The van der Waals surface area contributed by atoms with E-state index in [4.69, 9.17) is 0 Å². The number of unbranched alkanes of at least 4 members (excludes halogenated alkanes) is 1. The van der Waals surface area contributed by atoms with E-state index in [1.165, 1.54) is 97.6 Å². The fourth-order valence-electron chi connectivity index (χ4n) is 12.6. The third-order valence-electron chi connectivity index (χ3n) is 17.3. The largest absolute Gasteiger partial charge is 0.175 e. The van der Waals surface area contributed by atoms with Crippen LogP contribution in [0.15, 0.2) is 182 Å². The first-order valence-corrected chi connectivity index (χ1v) is 29.9. The lowest BCUT2D eigenvalue weighted by Gasteiger charge is -2.52. The van der Waals surface area contributed by atoms with Crippen molar-refractivity contribution >= 4 is 25.3 Å². The van der Waals surface area contributed by atoms with E-state index in [1.54, 1.807) is 38.5 Å². The topological polar surface area (TPSA) is 0 Å². The first-order chi connectivity index (χ1) is 35.2. The molecule has 0 radical (unpaired) electrons. The van der Waals surface area contributed by atoms with Crippen LogP contribution in [0, 0.1) is 35.5 Å². The maximum absolute atomic E-state index is 4.33. The van der Waals surface area contributed by atoms with E-state index in [0.717, 1.165) is 36.5 Å². The van der Waals surface area contributed by atoms with E-state index >= 15 is 0 Å². The average Bonchev–Trinajstić information content (AvgIpc) is 3.40. The van der Waals surface area contributed by atoms with Gasteiger partial charge in [0.05, 0.1) is 0 Å². The molecular formula is C70H94S2. The van der Waals surface area contributed by atoms with Crippen LogP contribution >= 0.6 is 25.3 Å². The van der Waals surface area contributed by atoms with Gasteiger partial charge in [-0.1, -0.05) is 320 Å². The molecule has 9 rings (SSSR count). The Bertz CT molecular complexity index is 2070. The van der Waals surface area contributed by atoms with Crippen LogP contribution in [0.4, 0.5) is 0 Å². The molecule has 386 valence electrons. The Hall–Kier alpha value is -3.98. The van der Waals surface area contributed by atoms with Crippen molar-refractivity contribution in [1.29, 1.82) is 0 Å². The van der Waals surface area contributed by atoms with E-state index in [1.807, 2.05) is 0 Å². The van der Waals surface area contributed by atoms with Crippen LogP contribution in [0.25, 0.3) is 0 Å². The standard InChI is InChI=1S/C44H42.C12H22.C8H16.C6H14S2/c1-3-22-42(44(39-29-16-7-17-30-39,40-31-18-8-19-32-40)41-33-20-9-21-34-41)35(2)43(36-23-10-4-11-24-36,37-25-12-5-13-26-37)38-27-14-6-15-28-38;1(5-11-7-3-8-11)2-6-12-9-4-10-12;1-3-4-8-6-5-7(8)2;1-3-4-6(8)5(2)7/h4-21,23-35,42H,3,22H2,1-2H3;11-12H,1-10H2;7-8H,3-6H2,1-2H3;5-8H,3-4H2,1-2H3/t35-,42+;;7-,8+;5-,6+/m1.10/s1. The highest BCUT2D eigenvalue weighted by atomic mass is 32.1. The maximum Gasteiger partial charge on any atom is 0.0482 e. The summed E-state index contributed by atoms with van der Waals surface area (Å²) in [6.45, 7) is 13.8. The van der Waals surface area contributed by atoms with Gasteiger partial charge in [-0.05, 0) is 88.2 Å². The lowest BCUT2D eigenvalue weighted by molar-refractivity contribution is 0.182. The summed E-state index contributed by atoms with van der Waals surface area (Å²) in [5.41, 5.74) is 7.22. The van der Waals surface area contributed by atoms with Crippen molar-refractivity contribution in [3.05, 3.63) is 215 Å². The fraction of sp³-hybridized carbons (Fsp3) is 0.486. The molecule has 0 aromatic heterocycles. The number of hydrogen-bond donors (Lipinski definition) is 2. The van der Waals surface area contributed by atoms with E-state index in [0.29, 0.717) is 10.5 Å². The highest BCUT2D eigenvalue weighted by Crippen LogP contribution is 2.57. The summed E-state index contributed by atoms with van der Waals surface area (Å²) in [5.74, 6) is 4.86. The summed E-state index contributed by atoms with van der Waals surface area (Å²) in [6, 6.07) is 67.5. The summed E-state index contributed by atoms with van der Waals surface area (Å²) in [5, 5.41) is 0.904. The molecule has 0 nitrogen and oxygen atoms in total.